The number of halogens is 2. The van der Waals surface area contributed by atoms with Gasteiger partial charge in [-0.25, -0.2) is 18.4 Å². The van der Waals surface area contributed by atoms with E-state index < -0.39 is 0 Å². The highest BCUT2D eigenvalue weighted by molar-refractivity contribution is 5.61. The molecule has 2 heterocycles. The fraction of sp³-hybridized carbons (Fsp3) is 0.412. The first kappa shape index (κ1) is 34.3. The summed E-state index contributed by atoms with van der Waals surface area (Å²) >= 11 is 0. The van der Waals surface area contributed by atoms with Crippen molar-refractivity contribution in [2.24, 2.45) is 4.99 Å². The van der Waals surface area contributed by atoms with Gasteiger partial charge in [-0.3, -0.25) is 9.79 Å². The lowest BCUT2D eigenvalue weighted by Crippen LogP contribution is -2.31. The fourth-order valence-corrected chi connectivity index (χ4v) is 4.80. The summed E-state index contributed by atoms with van der Waals surface area (Å²) in [5, 5.41) is 7.34. The molecule has 1 aromatic heterocycles. The van der Waals surface area contributed by atoms with Crippen molar-refractivity contribution >= 4 is 12.6 Å². The first-order valence-electron chi connectivity index (χ1n) is 15.2. The molecule has 0 saturated carbocycles. The van der Waals surface area contributed by atoms with Crippen LogP contribution >= 0.6 is 0 Å². The van der Waals surface area contributed by atoms with E-state index in [0.717, 1.165) is 23.6 Å². The third kappa shape index (κ3) is 11.1. The molecule has 44 heavy (non-hydrogen) atoms. The van der Waals surface area contributed by atoms with Gasteiger partial charge in [-0.15, -0.1) is 0 Å². The molecule has 3 aromatic rings. The van der Waals surface area contributed by atoms with Crippen LogP contribution in [0.5, 0.6) is 0 Å². The quantitative estimate of drug-likeness (QED) is 0.0944. The van der Waals surface area contributed by atoms with Crippen LogP contribution in [0.25, 0.3) is 22.8 Å². The maximum Gasteiger partial charge on any atom is 0.207 e. The van der Waals surface area contributed by atoms with Gasteiger partial charge in [0, 0.05) is 61.5 Å². The smallest absolute Gasteiger partial charge is 0.207 e. The average molecular weight is 607 g/mol. The van der Waals surface area contributed by atoms with Crippen LogP contribution in [0.3, 0.4) is 0 Å². The van der Waals surface area contributed by atoms with Crippen molar-refractivity contribution in [3.8, 4) is 22.8 Å². The van der Waals surface area contributed by atoms with E-state index in [4.69, 9.17) is 4.74 Å². The third-order valence-electron chi connectivity index (χ3n) is 7.13. The first-order valence-corrected chi connectivity index (χ1v) is 15.2. The molecule has 0 radical (unpaired) electrons. The highest BCUT2D eigenvalue weighted by Crippen LogP contribution is 2.24. The number of hydrogen-bond acceptors (Lipinski definition) is 6. The number of aromatic nitrogens is 3. The minimum atomic E-state index is -0.338. The lowest BCUT2D eigenvalue weighted by atomic mass is 10.1. The van der Waals surface area contributed by atoms with E-state index in [0.29, 0.717) is 62.3 Å². The molecule has 2 aromatic carbocycles. The van der Waals surface area contributed by atoms with Crippen LogP contribution < -0.4 is 5.32 Å². The summed E-state index contributed by atoms with van der Waals surface area (Å²) in [6.07, 6.45) is 10.7. The maximum atomic E-state index is 13.5. The predicted molar refractivity (Wildman–Crippen MR) is 172 cm³/mol. The molecule has 0 spiro atoms. The van der Waals surface area contributed by atoms with Gasteiger partial charge in [0.25, 0.3) is 0 Å². The van der Waals surface area contributed by atoms with Crippen molar-refractivity contribution in [3.63, 3.8) is 0 Å². The normalized spacial score (nSPS) is 15.0. The summed E-state index contributed by atoms with van der Waals surface area (Å²) in [4.78, 5) is 21.7. The summed E-state index contributed by atoms with van der Waals surface area (Å²) in [7, 11) is 0. The van der Waals surface area contributed by atoms with Crippen LogP contribution in [0.4, 0.5) is 8.78 Å². The predicted octanol–water partition coefficient (Wildman–Crippen LogP) is 6.80. The molecular weight excluding hydrogens is 562 g/mol. The Morgan fingerprint density at radius 3 is 2.36 bits per heavy atom. The Labute approximate surface area is 259 Å². The molecule has 8 nitrogen and oxygen atoms in total. The van der Waals surface area contributed by atoms with Gasteiger partial charge in [0.05, 0.1) is 6.10 Å². The van der Waals surface area contributed by atoms with E-state index in [2.05, 4.69) is 38.8 Å². The van der Waals surface area contributed by atoms with Crippen LogP contribution in [0.1, 0.15) is 52.9 Å². The van der Waals surface area contributed by atoms with Crippen molar-refractivity contribution < 1.29 is 18.3 Å². The number of carbonyl (C=O) groups is 1. The molecule has 4 rings (SSSR count). The van der Waals surface area contributed by atoms with Gasteiger partial charge >= 0.3 is 0 Å². The number of carbonyl (C=O) groups excluding carboxylic acids is 1. The zero-order chi connectivity index (χ0) is 31.7. The van der Waals surface area contributed by atoms with Gasteiger partial charge in [-0.1, -0.05) is 13.5 Å². The highest BCUT2D eigenvalue weighted by Gasteiger charge is 2.15. The number of nitrogens with zero attached hydrogens (tertiary/aromatic N) is 5. The second-order valence-electron chi connectivity index (χ2n) is 10.5. The molecule has 1 aliphatic heterocycles. The SMILES string of the molecule is C=C(/C=C(/C)N=CC)N(CCCn1nc(-c2ccc(F)cc2)nc1-c1ccc(F)cc1)CCNC=O.CCC1CCCCO1. The molecule has 1 amide bonds. The molecule has 236 valence electrons. The molecule has 1 aliphatic rings. The number of ether oxygens (including phenoxy) is 1. The lowest BCUT2D eigenvalue weighted by Gasteiger charge is -2.25. The van der Waals surface area contributed by atoms with E-state index in [1.807, 2.05) is 19.9 Å². The lowest BCUT2D eigenvalue weighted by molar-refractivity contribution is -0.109. The molecule has 1 N–H and O–H groups in total. The Kier molecular flexibility index (Phi) is 14.4. The van der Waals surface area contributed by atoms with Crippen molar-refractivity contribution in [2.75, 3.05) is 26.2 Å². The van der Waals surface area contributed by atoms with E-state index in [9.17, 15) is 13.6 Å². The third-order valence-corrected chi connectivity index (χ3v) is 7.13. The van der Waals surface area contributed by atoms with E-state index in [-0.39, 0.29) is 11.6 Å². The summed E-state index contributed by atoms with van der Waals surface area (Å²) < 4.78 is 34.1. The number of amides is 1. The molecule has 1 fully saturated rings. The summed E-state index contributed by atoms with van der Waals surface area (Å²) in [5.74, 6) is 0.379. The topological polar surface area (TPSA) is 84.6 Å². The number of allylic oxidation sites excluding steroid dienone is 2. The largest absolute Gasteiger partial charge is 0.378 e. The second-order valence-corrected chi connectivity index (χ2v) is 10.5. The van der Waals surface area contributed by atoms with E-state index in [1.165, 1.54) is 49.9 Å². The number of nitrogens with one attached hydrogen (secondary N) is 1. The van der Waals surface area contributed by atoms with E-state index >= 15 is 0 Å². The number of aryl methyl sites for hydroxylation is 1. The minimum Gasteiger partial charge on any atom is -0.378 e. The number of rotatable bonds is 14. The number of benzene rings is 2. The molecular formula is C34H44F2N6O2. The molecule has 10 heteroatoms. The van der Waals surface area contributed by atoms with Gasteiger partial charge in [0.1, 0.15) is 11.6 Å². The second kappa shape index (κ2) is 18.5. The van der Waals surface area contributed by atoms with Gasteiger partial charge in [0.2, 0.25) is 6.41 Å². The van der Waals surface area contributed by atoms with Gasteiger partial charge < -0.3 is 15.0 Å². The van der Waals surface area contributed by atoms with Crippen molar-refractivity contribution in [2.45, 2.75) is 65.5 Å². The number of aliphatic imine (C=N–C) groups is 1. The van der Waals surface area contributed by atoms with Crippen molar-refractivity contribution in [1.82, 2.24) is 25.0 Å². The Morgan fingerprint density at radius 1 is 1.11 bits per heavy atom. The van der Waals surface area contributed by atoms with Crippen molar-refractivity contribution in [3.05, 3.63) is 84.2 Å². The standard InChI is InChI=1S/C27H30F2N6O.C7H14O/c1-4-31-20(2)18-21(3)34(17-14-30-19-36)15-5-16-35-27(23-8-12-25(29)13-9-23)32-26(33-35)22-6-10-24(28)11-7-22;1-2-7-5-3-4-6-8-7/h4,6-13,18-19H,3,5,14-17H2,1-2H3,(H,30,36);7H,2-6H2,1H3/b20-18-,31-4?;. The average Bonchev–Trinajstić information content (AvgIpc) is 3.46. The van der Waals surface area contributed by atoms with E-state index in [1.54, 1.807) is 35.2 Å². The zero-order valence-electron chi connectivity index (χ0n) is 26.0. The summed E-state index contributed by atoms with van der Waals surface area (Å²) in [6, 6.07) is 12.1. The molecule has 1 unspecified atom stereocenters. The van der Waals surface area contributed by atoms with Crippen LogP contribution in [0.15, 0.2) is 77.6 Å². The molecule has 1 atom stereocenters. The molecule has 1 saturated heterocycles. The van der Waals surface area contributed by atoms with Gasteiger partial charge in [-0.05, 0) is 101 Å². The van der Waals surface area contributed by atoms with Crippen LogP contribution in [-0.4, -0.2) is 64.6 Å². The molecule has 0 bridgehead atoms. The van der Waals surface area contributed by atoms with Gasteiger partial charge in [-0.2, -0.15) is 5.10 Å². The van der Waals surface area contributed by atoms with Crippen LogP contribution in [0.2, 0.25) is 0 Å². The van der Waals surface area contributed by atoms with Crippen LogP contribution in [0, 0.1) is 11.6 Å². The zero-order valence-corrected chi connectivity index (χ0v) is 26.0. The Hall–Kier alpha value is -4.18. The minimum absolute atomic E-state index is 0.336. The van der Waals surface area contributed by atoms with Crippen molar-refractivity contribution in [1.29, 1.82) is 0 Å². The maximum absolute atomic E-state index is 13.5. The van der Waals surface area contributed by atoms with Crippen LogP contribution in [-0.2, 0) is 16.1 Å². The summed E-state index contributed by atoms with van der Waals surface area (Å²) in [6.45, 7) is 13.3. The number of hydrogen-bond donors (Lipinski definition) is 1. The Morgan fingerprint density at radius 2 is 1.80 bits per heavy atom. The van der Waals surface area contributed by atoms with Gasteiger partial charge in [0.15, 0.2) is 11.6 Å². The first-order chi connectivity index (χ1) is 21.3. The fourth-order valence-electron chi connectivity index (χ4n) is 4.80. The molecule has 0 aliphatic carbocycles. The summed E-state index contributed by atoms with van der Waals surface area (Å²) in [5.41, 5.74) is 3.03. The highest BCUT2D eigenvalue weighted by atomic mass is 19.1. The monoisotopic (exact) mass is 606 g/mol. The Bertz CT molecular complexity index is 1360. The Balaban J connectivity index is 0.000000572.